The van der Waals surface area contributed by atoms with E-state index >= 15 is 0 Å². The maximum absolute atomic E-state index is 13.9. The van der Waals surface area contributed by atoms with E-state index in [-0.39, 0.29) is 34.3 Å². The number of ether oxygens (including phenoxy) is 1. The first-order chi connectivity index (χ1) is 17.8. The van der Waals surface area contributed by atoms with Gasteiger partial charge in [0.15, 0.2) is 0 Å². The zero-order chi connectivity index (χ0) is 28.2. The lowest BCUT2D eigenvalue weighted by atomic mass is 10.1. The van der Waals surface area contributed by atoms with Crippen LogP contribution in [0.25, 0.3) is 0 Å². The second-order valence-corrected chi connectivity index (χ2v) is 8.76. The summed E-state index contributed by atoms with van der Waals surface area (Å²) < 4.78 is 61.4. The molecule has 1 unspecified atom stereocenters. The Balaban J connectivity index is 2.18. The van der Waals surface area contributed by atoms with Crippen LogP contribution in [0.15, 0.2) is 63.4 Å². The van der Waals surface area contributed by atoms with Crippen molar-refractivity contribution in [1.82, 2.24) is 9.13 Å². The van der Waals surface area contributed by atoms with Gasteiger partial charge in [-0.2, -0.15) is 13.2 Å². The number of nitrogens with zero attached hydrogens (tertiary/aromatic N) is 3. The molecule has 1 atom stereocenters. The van der Waals surface area contributed by atoms with E-state index in [1.54, 1.807) is 13.8 Å². The van der Waals surface area contributed by atoms with Gasteiger partial charge in [-0.15, -0.1) is 0 Å². The van der Waals surface area contributed by atoms with Crippen molar-refractivity contribution in [2.45, 2.75) is 52.2 Å². The third-order valence-corrected chi connectivity index (χ3v) is 5.60. The van der Waals surface area contributed by atoms with E-state index in [1.165, 1.54) is 38.3 Å². The molecule has 0 bridgehead atoms. The molecular formula is C26H27F4N3O5. The topological polar surface area (TPSA) is 95.1 Å². The maximum Gasteiger partial charge on any atom is 0.416 e. The average Bonchev–Trinajstić information content (AvgIpc) is 2.86. The van der Waals surface area contributed by atoms with Gasteiger partial charge in [-0.3, -0.25) is 13.9 Å². The molecule has 0 fully saturated rings. The number of benzene rings is 2. The van der Waals surface area contributed by atoms with Crippen LogP contribution in [0.4, 0.5) is 17.6 Å². The highest BCUT2D eigenvalue weighted by atomic mass is 19.4. The lowest BCUT2D eigenvalue weighted by Gasteiger charge is -2.19. The highest BCUT2D eigenvalue weighted by Gasteiger charge is 2.33. The van der Waals surface area contributed by atoms with Crippen LogP contribution in [0.1, 0.15) is 49.1 Å². The zero-order valence-electron chi connectivity index (χ0n) is 21.1. The van der Waals surface area contributed by atoms with E-state index in [9.17, 15) is 32.3 Å². The molecule has 0 aliphatic carbocycles. The van der Waals surface area contributed by atoms with Gasteiger partial charge in [0.05, 0.1) is 37.0 Å². The Bertz CT molecular complexity index is 1440. The van der Waals surface area contributed by atoms with Crippen molar-refractivity contribution in [1.29, 1.82) is 0 Å². The minimum absolute atomic E-state index is 0.0367. The van der Waals surface area contributed by atoms with Gasteiger partial charge >= 0.3 is 11.9 Å². The first kappa shape index (κ1) is 28.6. The maximum atomic E-state index is 13.9. The number of methoxy groups -OCH3 is 1. The lowest BCUT2D eigenvalue weighted by Crippen LogP contribution is -2.43. The molecule has 8 nitrogen and oxygen atoms in total. The van der Waals surface area contributed by atoms with Crippen LogP contribution in [-0.4, -0.2) is 33.2 Å². The normalized spacial score (nSPS) is 13.1. The second kappa shape index (κ2) is 11.6. The predicted octanol–water partition coefficient (Wildman–Crippen LogP) is 4.11. The number of aromatic nitrogens is 2. The van der Waals surface area contributed by atoms with E-state index in [0.717, 1.165) is 29.0 Å². The molecule has 1 N–H and O–H groups in total. The first-order valence-corrected chi connectivity index (χ1v) is 11.5. The number of oxime groups is 1. The van der Waals surface area contributed by atoms with E-state index in [2.05, 4.69) is 5.16 Å². The molecule has 3 aromatic rings. The number of hydrogen-bond donors (Lipinski definition) is 1. The van der Waals surface area contributed by atoms with Crippen LogP contribution in [0.3, 0.4) is 0 Å². The quantitative estimate of drug-likeness (QED) is 0.252. The van der Waals surface area contributed by atoms with Crippen LogP contribution >= 0.6 is 0 Å². The summed E-state index contributed by atoms with van der Waals surface area (Å²) in [6.07, 6.45) is -5.39. The summed E-state index contributed by atoms with van der Waals surface area (Å²) in [5, 5.41) is 14.7. The number of halogens is 4. The molecule has 1 heterocycles. The molecule has 0 radical (unpaired) electrons. The molecule has 204 valence electrons. The number of hydrogen-bond acceptors (Lipinski definition) is 6. The zero-order valence-corrected chi connectivity index (χ0v) is 21.1. The third kappa shape index (κ3) is 6.49. The molecule has 0 aliphatic rings. The Morgan fingerprint density at radius 3 is 2.45 bits per heavy atom. The Morgan fingerprint density at radius 2 is 1.82 bits per heavy atom. The standard InChI is InChI=1S/C26H27F4N3O5/c1-15(2)38-31-16(3)20-13-32(14-22(34)19-11-18(27)9-10-23(19)37-4)25(36)33(24(20)35)12-17-7-5-6-8-21(17)26(28,29)30/h5-11,13,15,22,34H,12,14H2,1-4H3/b31-16+. The summed E-state index contributed by atoms with van der Waals surface area (Å²) >= 11 is 0. The number of aliphatic hydroxyl groups is 1. The largest absolute Gasteiger partial charge is 0.496 e. The van der Waals surface area contributed by atoms with Crippen molar-refractivity contribution in [2.75, 3.05) is 7.11 Å². The lowest BCUT2D eigenvalue weighted by molar-refractivity contribution is -0.138. The molecule has 3 rings (SSSR count). The first-order valence-electron chi connectivity index (χ1n) is 11.5. The Morgan fingerprint density at radius 1 is 1.13 bits per heavy atom. The fourth-order valence-electron chi connectivity index (χ4n) is 3.76. The van der Waals surface area contributed by atoms with E-state index in [1.807, 2.05) is 0 Å². The van der Waals surface area contributed by atoms with Crippen molar-refractivity contribution in [3.8, 4) is 5.75 Å². The highest BCUT2D eigenvalue weighted by Crippen LogP contribution is 2.32. The molecule has 38 heavy (non-hydrogen) atoms. The Kier molecular flexibility index (Phi) is 8.77. The molecule has 0 saturated carbocycles. The van der Waals surface area contributed by atoms with Gasteiger partial charge in [0.1, 0.15) is 23.8 Å². The third-order valence-electron chi connectivity index (χ3n) is 5.60. The fourth-order valence-corrected chi connectivity index (χ4v) is 3.76. The molecule has 2 aromatic carbocycles. The van der Waals surface area contributed by atoms with Gasteiger partial charge in [0, 0.05) is 11.8 Å². The predicted molar refractivity (Wildman–Crippen MR) is 132 cm³/mol. The smallest absolute Gasteiger partial charge is 0.416 e. The summed E-state index contributed by atoms with van der Waals surface area (Å²) in [6.45, 7) is 3.68. The summed E-state index contributed by atoms with van der Waals surface area (Å²) in [6, 6.07) is 8.05. The average molecular weight is 538 g/mol. The van der Waals surface area contributed by atoms with Crippen LogP contribution in [0.2, 0.25) is 0 Å². The van der Waals surface area contributed by atoms with Gasteiger partial charge in [0.25, 0.3) is 5.56 Å². The Labute approximate surface area is 215 Å². The molecule has 0 saturated heterocycles. The van der Waals surface area contributed by atoms with Gasteiger partial charge < -0.3 is 14.7 Å². The molecule has 1 aromatic heterocycles. The molecular weight excluding hydrogens is 510 g/mol. The van der Waals surface area contributed by atoms with E-state index < -0.39 is 48.0 Å². The number of aliphatic hydroxyl groups excluding tert-OH is 1. The highest BCUT2D eigenvalue weighted by molar-refractivity contribution is 5.97. The van der Waals surface area contributed by atoms with Crippen LogP contribution in [0, 0.1) is 5.82 Å². The summed E-state index contributed by atoms with van der Waals surface area (Å²) in [4.78, 5) is 31.8. The van der Waals surface area contributed by atoms with E-state index in [0.29, 0.717) is 4.57 Å². The minimum Gasteiger partial charge on any atom is -0.496 e. The Hall–Kier alpha value is -3.93. The van der Waals surface area contributed by atoms with Crippen LogP contribution < -0.4 is 16.0 Å². The summed E-state index contributed by atoms with van der Waals surface area (Å²) in [5.41, 5.74) is -3.21. The summed E-state index contributed by atoms with van der Waals surface area (Å²) in [5.74, 6) is -0.502. The minimum atomic E-state index is -4.72. The molecule has 0 spiro atoms. The van der Waals surface area contributed by atoms with Gasteiger partial charge in [0.2, 0.25) is 0 Å². The SMILES string of the molecule is COc1ccc(F)cc1C(O)Cn1cc(/C(C)=N/OC(C)C)c(=O)n(Cc2ccccc2C(F)(F)F)c1=O. The van der Waals surface area contributed by atoms with Gasteiger partial charge in [-0.1, -0.05) is 23.4 Å². The van der Waals surface area contributed by atoms with Crippen molar-refractivity contribution in [2.24, 2.45) is 5.16 Å². The number of alkyl halides is 3. The monoisotopic (exact) mass is 537 g/mol. The van der Waals surface area contributed by atoms with Crippen molar-refractivity contribution < 1.29 is 32.2 Å². The summed E-state index contributed by atoms with van der Waals surface area (Å²) in [7, 11) is 1.32. The van der Waals surface area contributed by atoms with Crippen LogP contribution in [-0.2, 0) is 24.1 Å². The van der Waals surface area contributed by atoms with Crippen molar-refractivity contribution in [3.63, 3.8) is 0 Å². The van der Waals surface area contributed by atoms with Gasteiger partial charge in [-0.05, 0) is 50.6 Å². The second-order valence-electron chi connectivity index (χ2n) is 8.76. The number of rotatable bonds is 9. The van der Waals surface area contributed by atoms with E-state index in [4.69, 9.17) is 9.57 Å². The van der Waals surface area contributed by atoms with Crippen molar-refractivity contribution in [3.05, 3.63) is 97.6 Å². The molecule has 0 aliphatic heterocycles. The van der Waals surface area contributed by atoms with Gasteiger partial charge in [-0.25, -0.2) is 9.18 Å². The molecule has 0 amide bonds. The molecule has 12 heteroatoms. The fraction of sp³-hybridized carbons (Fsp3) is 0.346. The van der Waals surface area contributed by atoms with Crippen molar-refractivity contribution >= 4 is 5.71 Å². The van der Waals surface area contributed by atoms with Crippen LogP contribution in [0.5, 0.6) is 5.75 Å².